The van der Waals surface area contributed by atoms with Crippen LogP contribution in [0.4, 0.5) is 5.69 Å². The van der Waals surface area contributed by atoms with Crippen LogP contribution in [-0.2, 0) is 20.3 Å². The standard InChI is InChI=1S/C22H27N5O2S/c1-24-21(16-29-20-10-8-19(28-2)9-11-20)23-27(22(24)30)17-25-12-14-26(15-13-25)18-6-4-3-5-7-18/h3-11H,12-17H2,1-2H3/p+1. The second-order valence-corrected chi connectivity index (χ2v) is 7.82. The Morgan fingerprint density at radius 3 is 2.33 bits per heavy atom. The summed E-state index contributed by atoms with van der Waals surface area (Å²) in [5.74, 6) is 2.40. The molecule has 8 heteroatoms. The normalized spacial score (nSPS) is 14.7. The van der Waals surface area contributed by atoms with Gasteiger partial charge >= 0.3 is 0 Å². The molecule has 0 atom stereocenters. The third-order valence-electron chi connectivity index (χ3n) is 5.52. The Morgan fingerprint density at radius 1 is 1.00 bits per heavy atom. The summed E-state index contributed by atoms with van der Waals surface area (Å²) in [5.41, 5.74) is 1.30. The smallest absolute Gasteiger partial charge is 0.202 e. The van der Waals surface area contributed by atoms with Crippen molar-refractivity contribution in [3.05, 3.63) is 65.2 Å². The fraction of sp³-hybridized carbons (Fsp3) is 0.364. The molecule has 3 aromatic rings. The fourth-order valence-electron chi connectivity index (χ4n) is 3.67. The highest BCUT2D eigenvalue weighted by molar-refractivity contribution is 7.71. The van der Waals surface area contributed by atoms with E-state index >= 15 is 0 Å². The first-order valence-electron chi connectivity index (χ1n) is 10.2. The van der Waals surface area contributed by atoms with Crippen molar-refractivity contribution in [2.24, 2.45) is 7.05 Å². The molecule has 7 nitrogen and oxygen atoms in total. The average molecular weight is 427 g/mol. The van der Waals surface area contributed by atoms with E-state index in [1.807, 2.05) is 40.6 Å². The summed E-state index contributed by atoms with van der Waals surface area (Å²) < 4.78 is 15.6. The number of ether oxygens (including phenoxy) is 2. The van der Waals surface area contributed by atoms with Gasteiger partial charge in [-0.3, -0.25) is 0 Å². The van der Waals surface area contributed by atoms with Crippen molar-refractivity contribution in [2.75, 3.05) is 38.2 Å². The number of nitrogens with one attached hydrogen (secondary N) is 1. The zero-order valence-corrected chi connectivity index (χ0v) is 18.3. The lowest BCUT2D eigenvalue weighted by molar-refractivity contribution is -0.924. The van der Waals surface area contributed by atoms with Crippen LogP contribution in [-0.4, -0.2) is 47.6 Å². The molecule has 1 aliphatic rings. The maximum Gasteiger partial charge on any atom is 0.202 e. The number of hydrogen-bond acceptors (Lipinski definition) is 5. The summed E-state index contributed by atoms with van der Waals surface area (Å²) >= 11 is 5.61. The van der Waals surface area contributed by atoms with Crippen molar-refractivity contribution in [1.82, 2.24) is 14.3 Å². The number of rotatable bonds is 7. The Bertz CT molecular complexity index is 1010. The topological polar surface area (TPSA) is 48.9 Å². The number of aromatic nitrogens is 3. The molecule has 1 aliphatic heterocycles. The number of methoxy groups -OCH3 is 1. The Hall–Kier alpha value is -2.84. The van der Waals surface area contributed by atoms with E-state index in [0.717, 1.165) is 54.9 Å². The van der Waals surface area contributed by atoms with Gasteiger partial charge in [-0.25, -0.2) is 0 Å². The van der Waals surface area contributed by atoms with Crippen molar-refractivity contribution in [2.45, 2.75) is 13.3 Å². The van der Waals surface area contributed by atoms with Gasteiger partial charge in [0, 0.05) is 12.7 Å². The number of nitrogens with zero attached hydrogens (tertiary/aromatic N) is 4. The van der Waals surface area contributed by atoms with Gasteiger partial charge in [0.1, 0.15) is 18.1 Å². The van der Waals surface area contributed by atoms with Crippen LogP contribution in [0.2, 0.25) is 0 Å². The Labute approximate surface area is 182 Å². The SMILES string of the molecule is COc1ccc(OCc2nn(C[NH+]3CCN(c4ccccc4)CC3)c(=S)n2C)cc1. The van der Waals surface area contributed by atoms with Crippen molar-refractivity contribution in [1.29, 1.82) is 0 Å². The van der Waals surface area contributed by atoms with Crippen LogP contribution in [0.5, 0.6) is 11.5 Å². The predicted octanol–water partition coefficient (Wildman–Crippen LogP) is 1.90. The number of hydrogen-bond donors (Lipinski definition) is 1. The first kappa shape index (κ1) is 20.4. The van der Waals surface area contributed by atoms with E-state index in [1.165, 1.54) is 10.6 Å². The number of piperazine rings is 1. The lowest BCUT2D eigenvalue weighted by Gasteiger charge is -2.33. The number of quaternary nitrogens is 1. The summed E-state index contributed by atoms with van der Waals surface area (Å²) in [6.07, 6.45) is 0. The minimum Gasteiger partial charge on any atom is -0.497 e. The zero-order chi connectivity index (χ0) is 20.9. The molecule has 4 rings (SSSR count). The molecule has 0 radical (unpaired) electrons. The summed E-state index contributed by atoms with van der Waals surface area (Å²) in [6, 6.07) is 18.1. The van der Waals surface area contributed by atoms with Gasteiger partial charge in [0.2, 0.25) is 4.77 Å². The van der Waals surface area contributed by atoms with Gasteiger partial charge < -0.3 is 23.8 Å². The minimum atomic E-state index is 0.372. The van der Waals surface area contributed by atoms with E-state index in [-0.39, 0.29) is 0 Å². The largest absolute Gasteiger partial charge is 0.497 e. The van der Waals surface area contributed by atoms with Crippen molar-refractivity contribution in [3.8, 4) is 11.5 Å². The van der Waals surface area contributed by atoms with Crippen LogP contribution < -0.4 is 19.3 Å². The van der Waals surface area contributed by atoms with Crippen molar-refractivity contribution >= 4 is 17.9 Å². The summed E-state index contributed by atoms with van der Waals surface area (Å²) in [5, 5.41) is 4.72. The highest BCUT2D eigenvalue weighted by atomic mass is 32.1. The van der Waals surface area contributed by atoms with Crippen LogP contribution in [0.1, 0.15) is 5.82 Å². The molecule has 0 unspecified atom stereocenters. The molecule has 1 N–H and O–H groups in total. The Balaban J connectivity index is 1.34. The maximum atomic E-state index is 5.88. The highest BCUT2D eigenvalue weighted by Crippen LogP contribution is 2.18. The molecule has 0 amide bonds. The van der Waals surface area contributed by atoms with E-state index < -0.39 is 0 Å². The molecule has 0 saturated carbocycles. The molecule has 2 aromatic carbocycles. The zero-order valence-electron chi connectivity index (χ0n) is 17.5. The van der Waals surface area contributed by atoms with Gasteiger partial charge in [0.25, 0.3) is 0 Å². The minimum absolute atomic E-state index is 0.372. The molecule has 2 heterocycles. The summed E-state index contributed by atoms with van der Waals surface area (Å²) in [7, 11) is 3.60. The number of anilines is 1. The molecule has 0 spiro atoms. The van der Waals surface area contributed by atoms with E-state index in [9.17, 15) is 0 Å². The van der Waals surface area contributed by atoms with Gasteiger partial charge in [-0.15, -0.1) is 5.10 Å². The summed E-state index contributed by atoms with van der Waals surface area (Å²) in [6.45, 7) is 5.34. The predicted molar refractivity (Wildman–Crippen MR) is 119 cm³/mol. The lowest BCUT2D eigenvalue weighted by Crippen LogP contribution is -3.14. The lowest BCUT2D eigenvalue weighted by atomic mass is 10.2. The second kappa shape index (κ2) is 9.32. The second-order valence-electron chi connectivity index (χ2n) is 7.45. The molecular formula is C22H28N5O2S+. The third-order valence-corrected chi connectivity index (χ3v) is 6.01. The first-order chi connectivity index (χ1) is 14.6. The van der Waals surface area contributed by atoms with E-state index in [1.54, 1.807) is 7.11 Å². The molecule has 0 bridgehead atoms. The van der Waals surface area contributed by atoms with Gasteiger partial charge in [0.05, 0.1) is 33.3 Å². The van der Waals surface area contributed by atoms with E-state index in [2.05, 4.69) is 35.2 Å². The van der Waals surface area contributed by atoms with Crippen molar-refractivity contribution in [3.63, 3.8) is 0 Å². The number of para-hydroxylation sites is 1. The third kappa shape index (κ3) is 4.66. The molecule has 1 fully saturated rings. The molecule has 30 heavy (non-hydrogen) atoms. The van der Waals surface area contributed by atoms with E-state index in [0.29, 0.717) is 6.61 Å². The molecule has 1 saturated heterocycles. The van der Waals surface area contributed by atoms with Crippen LogP contribution in [0.25, 0.3) is 0 Å². The quantitative estimate of drug-likeness (QED) is 0.585. The number of benzene rings is 2. The monoisotopic (exact) mass is 426 g/mol. The van der Waals surface area contributed by atoms with Gasteiger partial charge in [0.15, 0.2) is 12.5 Å². The van der Waals surface area contributed by atoms with Crippen LogP contribution in [0.3, 0.4) is 0 Å². The maximum absolute atomic E-state index is 5.88. The van der Waals surface area contributed by atoms with Crippen molar-refractivity contribution < 1.29 is 14.4 Å². The van der Waals surface area contributed by atoms with Crippen LogP contribution >= 0.6 is 12.2 Å². The highest BCUT2D eigenvalue weighted by Gasteiger charge is 2.21. The van der Waals surface area contributed by atoms with E-state index in [4.69, 9.17) is 26.8 Å². The Kier molecular flexibility index (Phi) is 6.35. The average Bonchev–Trinajstić information content (AvgIpc) is 3.07. The van der Waals surface area contributed by atoms with Crippen LogP contribution in [0.15, 0.2) is 54.6 Å². The molecule has 0 aliphatic carbocycles. The van der Waals surface area contributed by atoms with Gasteiger partial charge in [-0.05, 0) is 48.6 Å². The van der Waals surface area contributed by atoms with Gasteiger partial charge in [-0.1, -0.05) is 18.2 Å². The molecule has 1 aromatic heterocycles. The fourth-order valence-corrected chi connectivity index (χ4v) is 3.88. The Morgan fingerprint density at radius 2 is 1.67 bits per heavy atom. The van der Waals surface area contributed by atoms with Gasteiger partial charge in [-0.2, -0.15) is 4.68 Å². The summed E-state index contributed by atoms with van der Waals surface area (Å²) in [4.78, 5) is 3.92. The molecule has 158 valence electrons. The molecular weight excluding hydrogens is 398 g/mol. The van der Waals surface area contributed by atoms with Crippen LogP contribution in [0, 0.1) is 4.77 Å². The first-order valence-corrected chi connectivity index (χ1v) is 10.6.